The van der Waals surface area contributed by atoms with Gasteiger partial charge in [0.25, 0.3) is 5.91 Å². The fraction of sp³-hybridized carbons (Fsp3) is 0.389. The maximum Gasteiger partial charge on any atom is 0.255 e. The normalized spacial score (nSPS) is 16.1. The van der Waals surface area contributed by atoms with E-state index in [4.69, 9.17) is 0 Å². The number of aryl methyl sites for hydroxylation is 1. The van der Waals surface area contributed by atoms with Crippen LogP contribution in [0.4, 0.5) is 0 Å². The third kappa shape index (κ3) is 5.68. The molecule has 1 aromatic heterocycles. The van der Waals surface area contributed by atoms with E-state index >= 15 is 0 Å². The lowest BCUT2D eigenvalue weighted by Gasteiger charge is -2.36. The highest BCUT2D eigenvalue weighted by atomic mass is 16.2. The van der Waals surface area contributed by atoms with Gasteiger partial charge in [-0.2, -0.15) is 0 Å². The van der Waals surface area contributed by atoms with E-state index in [1.54, 1.807) is 0 Å². The second-order valence-electron chi connectivity index (χ2n) is 11.6. The first-order valence-electron chi connectivity index (χ1n) is 15.3. The summed E-state index contributed by atoms with van der Waals surface area (Å²) in [4.78, 5) is 33.8. The van der Waals surface area contributed by atoms with Crippen molar-refractivity contribution in [2.75, 3.05) is 6.54 Å². The maximum absolute atomic E-state index is 14.3. The van der Waals surface area contributed by atoms with Crippen molar-refractivity contribution in [2.45, 2.75) is 78.3 Å². The lowest BCUT2D eigenvalue weighted by molar-refractivity contribution is -0.127. The van der Waals surface area contributed by atoms with Gasteiger partial charge >= 0.3 is 0 Å². The van der Waals surface area contributed by atoms with Crippen molar-refractivity contribution < 1.29 is 9.59 Å². The maximum atomic E-state index is 14.3. The van der Waals surface area contributed by atoms with Gasteiger partial charge in [-0.3, -0.25) is 9.59 Å². The molecule has 0 saturated carbocycles. The van der Waals surface area contributed by atoms with Crippen molar-refractivity contribution >= 4 is 22.7 Å². The van der Waals surface area contributed by atoms with Crippen LogP contribution in [0.15, 0.2) is 72.8 Å². The summed E-state index contributed by atoms with van der Waals surface area (Å²) in [6.45, 7) is 9.12. The fourth-order valence-electron chi connectivity index (χ4n) is 6.24. The first-order chi connectivity index (χ1) is 20.0. The minimum atomic E-state index is -0.583. The molecule has 0 saturated heterocycles. The quantitative estimate of drug-likeness (QED) is 0.175. The molecule has 2 amide bonds. The summed E-state index contributed by atoms with van der Waals surface area (Å²) in [6, 6.07) is 23.7. The predicted molar refractivity (Wildman–Crippen MR) is 168 cm³/mol. The fourth-order valence-corrected chi connectivity index (χ4v) is 6.24. The van der Waals surface area contributed by atoms with E-state index in [1.165, 1.54) is 24.8 Å². The molecule has 3 unspecified atom stereocenters. The minimum Gasteiger partial charge on any atom is -0.354 e. The zero-order valence-electron chi connectivity index (χ0n) is 24.9. The van der Waals surface area contributed by atoms with Crippen molar-refractivity contribution in [2.24, 2.45) is 5.92 Å². The summed E-state index contributed by atoms with van der Waals surface area (Å²) >= 11 is 0. The number of hydrogen-bond donors (Lipinski definition) is 2. The Balaban J connectivity index is 1.62. The number of carbonyl (C=O) groups is 2. The summed E-state index contributed by atoms with van der Waals surface area (Å²) in [6.07, 6.45) is 6.45. The number of fused-ring (bicyclic) bond motifs is 2. The van der Waals surface area contributed by atoms with Crippen LogP contribution in [0.3, 0.4) is 0 Å². The van der Waals surface area contributed by atoms with Crippen LogP contribution in [-0.2, 0) is 4.79 Å². The van der Waals surface area contributed by atoms with Crippen LogP contribution < -0.4 is 5.32 Å². The van der Waals surface area contributed by atoms with Crippen molar-refractivity contribution in [3.63, 3.8) is 0 Å². The number of H-pyrrole nitrogens is 1. The van der Waals surface area contributed by atoms with Crippen LogP contribution in [0.1, 0.15) is 92.4 Å². The number of benzene rings is 3. The Bertz CT molecular complexity index is 1500. The molecule has 4 aromatic rings. The number of nitrogens with one attached hydrogen (secondary N) is 2. The summed E-state index contributed by atoms with van der Waals surface area (Å²) in [7, 11) is 0. The molecule has 0 aliphatic carbocycles. The van der Waals surface area contributed by atoms with E-state index in [0.29, 0.717) is 12.1 Å². The molecule has 3 aromatic carbocycles. The molecule has 5 heteroatoms. The molecular weight excluding hydrogens is 506 g/mol. The number of aromatic amines is 1. The molecule has 214 valence electrons. The first-order valence-corrected chi connectivity index (χ1v) is 15.3. The monoisotopic (exact) mass is 549 g/mol. The van der Waals surface area contributed by atoms with E-state index in [0.717, 1.165) is 52.5 Å². The van der Waals surface area contributed by atoms with Crippen LogP contribution in [0, 0.1) is 12.8 Å². The molecule has 5 rings (SSSR count). The number of para-hydroxylation sites is 1. The zero-order chi connectivity index (χ0) is 28.9. The Morgan fingerprint density at radius 1 is 0.927 bits per heavy atom. The van der Waals surface area contributed by atoms with Gasteiger partial charge in [-0.15, -0.1) is 0 Å². The van der Waals surface area contributed by atoms with Crippen LogP contribution in [0.5, 0.6) is 0 Å². The van der Waals surface area contributed by atoms with Crippen molar-refractivity contribution in [1.29, 1.82) is 0 Å². The van der Waals surface area contributed by atoms with E-state index in [9.17, 15) is 9.59 Å². The average Bonchev–Trinajstić information content (AvgIpc) is 3.50. The van der Waals surface area contributed by atoms with Crippen LogP contribution >= 0.6 is 0 Å². The zero-order valence-corrected chi connectivity index (χ0v) is 24.9. The molecule has 0 radical (unpaired) electrons. The second-order valence-corrected chi connectivity index (χ2v) is 11.6. The van der Waals surface area contributed by atoms with E-state index in [1.807, 2.05) is 35.2 Å². The summed E-state index contributed by atoms with van der Waals surface area (Å²) < 4.78 is 0. The van der Waals surface area contributed by atoms with E-state index < -0.39 is 6.04 Å². The molecular formula is C36H43N3O2. The molecule has 1 aliphatic rings. The standard InChI is InChI=1S/C36H43N3O2/c1-5-7-8-9-14-23-37-35(40)33(25(4)6-2)39-34(27-15-10-11-16-28(27)36(39)41)31-29-17-12-13-18-30(29)38-32(31)26-21-19-24(3)20-22-26/h10-13,15-22,25,33-34,38H,5-9,14,23H2,1-4H3,(H,37,40). The molecule has 3 atom stereocenters. The predicted octanol–water partition coefficient (Wildman–Crippen LogP) is 8.19. The van der Waals surface area contributed by atoms with Crippen LogP contribution in [-0.4, -0.2) is 34.3 Å². The highest BCUT2D eigenvalue weighted by Crippen LogP contribution is 2.47. The van der Waals surface area contributed by atoms with Gasteiger partial charge < -0.3 is 15.2 Å². The van der Waals surface area contributed by atoms with Gasteiger partial charge in [0.15, 0.2) is 0 Å². The minimum absolute atomic E-state index is 0.0103. The Kier molecular flexibility index (Phi) is 8.92. The van der Waals surface area contributed by atoms with Crippen LogP contribution in [0.25, 0.3) is 22.2 Å². The van der Waals surface area contributed by atoms with E-state index in [2.05, 4.69) is 80.5 Å². The van der Waals surface area contributed by atoms with Crippen molar-refractivity contribution in [1.82, 2.24) is 15.2 Å². The number of rotatable bonds is 12. The number of aromatic nitrogens is 1. The molecule has 0 spiro atoms. The van der Waals surface area contributed by atoms with E-state index in [-0.39, 0.29) is 23.8 Å². The molecule has 1 aliphatic heterocycles. The van der Waals surface area contributed by atoms with Gasteiger partial charge in [0.2, 0.25) is 5.91 Å². The van der Waals surface area contributed by atoms with Crippen molar-refractivity contribution in [3.05, 3.63) is 95.1 Å². The number of unbranched alkanes of at least 4 members (excludes halogenated alkanes) is 4. The SMILES string of the molecule is CCCCCCCNC(=O)C(C(C)CC)N1C(=O)c2ccccc2C1c1c(-c2ccc(C)cc2)[nH]c2ccccc12. The lowest BCUT2D eigenvalue weighted by Crippen LogP contribution is -2.52. The number of nitrogens with zero attached hydrogens (tertiary/aromatic N) is 1. The lowest BCUT2D eigenvalue weighted by atomic mass is 9.90. The van der Waals surface area contributed by atoms with Crippen LogP contribution in [0.2, 0.25) is 0 Å². The Hall–Kier alpha value is -3.86. The largest absolute Gasteiger partial charge is 0.354 e. The van der Waals surface area contributed by atoms with Gasteiger partial charge in [-0.1, -0.05) is 119 Å². The Morgan fingerprint density at radius 2 is 1.63 bits per heavy atom. The smallest absolute Gasteiger partial charge is 0.255 e. The topological polar surface area (TPSA) is 65.2 Å². The van der Waals surface area contributed by atoms with Gasteiger partial charge in [-0.05, 0) is 42.5 Å². The summed E-state index contributed by atoms with van der Waals surface area (Å²) in [5.74, 6) is -0.143. The van der Waals surface area contributed by atoms with Gasteiger partial charge in [0, 0.05) is 28.6 Å². The van der Waals surface area contributed by atoms with Gasteiger partial charge in [-0.25, -0.2) is 0 Å². The third-order valence-corrected chi connectivity index (χ3v) is 8.69. The summed E-state index contributed by atoms with van der Waals surface area (Å²) in [5, 5.41) is 4.29. The number of carbonyl (C=O) groups excluding carboxylic acids is 2. The number of hydrogen-bond acceptors (Lipinski definition) is 2. The Morgan fingerprint density at radius 3 is 2.39 bits per heavy atom. The third-order valence-electron chi connectivity index (χ3n) is 8.69. The van der Waals surface area contributed by atoms with Crippen molar-refractivity contribution in [3.8, 4) is 11.3 Å². The highest BCUT2D eigenvalue weighted by Gasteiger charge is 2.47. The van der Waals surface area contributed by atoms with Gasteiger partial charge in [0.05, 0.1) is 11.7 Å². The highest BCUT2D eigenvalue weighted by molar-refractivity contribution is 6.04. The molecule has 0 bridgehead atoms. The second kappa shape index (κ2) is 12.8. The molecule has 0 fully saturated rings. The number of amides is 2. The molecule has 41 heavy (non-hydrogen) atoms. The molecule has 5 nitrogen and oxygen atoms in total. The first kappa shape index (κ1) is 28.7. The average molecular weight is 550 g/mol. The summed E-state index contributed by atoms with van der Waals surface area (Å²) in [5.41, 5.74) is 6.95. The molecule has 2 N–H and O–H groups in total. The Labute approximate surface area is 244 Å². The van der Waals surface area contributed by atoms with Gasteiger partial charge in [0.1, 0.15) is 6.04 Å². The molecule has 2 heterocycles.